The van der Waals surface area contributed by atoms with Gasteiger partial charge in [0.05, 0.1) is 11.1 Å². The number of aliphatic hydroxyl groups is 1. The molecular formula is C12H17NO. The molecule has 0 aliphatic heterocycles. The van der Waals surface area contributed by atoms with Crippen molar-refractivity contribution >= 4 is 0 Å². The van der Waals surface area contributed by atoms with Crippen LogP contribution in [-0.4, -0.2) is 16.2 Å². The molecule has 0 spiro atoms. The van der Waals surface area contributed by atoms with Crippen molar-refractivity contribution in [1.82, 2.24) is 0 Å². The Hall–Kier alpha value is -0.860. The number of nitrogens with two attached hydrogens (primary N) is 1. The fourth-order valence-corrected chi connectivity index (χ4v) is 2.08. The average molecular weight is 191 g/mol. The van der Waals surface area contributed by atoms with Gasteiger partial charge in [0.25, 0.3) is 0 Å². The van der Waals surface area contributed by atoms with E-state index in [4.69, 9.17) is 5.73 Å². The van der Waals surface area contributed by atoms with E-state index in [2.05, 4.69) is 12.1 Å². The second-order valence-electron chi connectivity index (χ2n) is 4.84. The number of hydrogen-bond acceptors (Lipinski definition) is 2. The van der Waals surface area contributed by atoms with Gasteiger partial charge in [0.1, 0.15) is 0 Å². The highest BCUT2D eigenvalue weighted by Crippen LogP contribution is 2.35. The zero-order chi connectivity index (χ0) is 10.4. The molecule has 0 unspecified atom stereocenters. The fourth-order valence-electron chi connectivity index (χ4n) is 2.08. The smallest absolute Gasteiger partial charge is 0.0776 e. The number of benzene rings is 1. The van der Waals surface area contributed by atoms with Crippen molar-refractivity contribution in [2.24, 2.45) is 5.73 Å². The molecule has 1 aliphatic rings. The largest absolute Gasteiger partial charge is 0.389 e. The molecule has 0 atom stereocenters. The van der Waals surface area contributed by atoms with Gasteiger partial charge in [0.2, 0.25) is 0 Å². The van der Waals surface area contributed by atoms with Crippen LogP contribution in [0.5, 0.6) is 0 Å². The van der Waals surface area contributed by atoms with Crippen LogP contribution in [0, 0.1) is 0 Å². The van der Waals surface area contributed by atoms with Crippen LogP contribution >= 0.6 is 0 Å². The Bertz CT molecular complexity index is 327. The maximum Gasteiger partial charge on any atom is 0.0776 e. The summed E-state index contributed by atoms with van der Waals surface area (Å²) in [5, 5.41) is 10.0. The van der Waals surface area contributed by atoms with Crippen molar-refractivity contribution in [3.8, 4) is 0 Å². The first kappa shape index (κ1) is 9.69. The van der Waals surface area contributed by atoms with Gasteiger partial charge in [-0.25, -0.2) is 0 Å². The molecule has 3 N–H and O–H groups in total. The van der Waals surface area contributed by atoms with Crippen LogP contribution in [0.25, 0.3) is 0 Å². The average Bonchev–Trinajstić information content (AvgIpc) is 2.40. The van der Waals surface area contributed by atoms with Crippen LogP contribution < -0.4 is 5.73 Å². The molecule has 0 bridgehead atoms. The molecule has 1 aromatic rings. The lowest BCUT2D eigenvalue weighted by molar-refractivity contribution is 0.00190. The van der Waals surface area contributed by atoms with Gasteiger partial charge >= 0.3 is 0 Å². The third-order valence-electron chi connectivity index (χ3n) is 3.35. The molecule has 0 saturated carbocycles. The predicted octanol–water partition coefficient (Wildman–Crippen LogP) is 1.25. The van der Waals surface area contributed by atoms with Crippen LogP contribution in [0.2, 0.25) is 0 Å². The summed E-state index contributed by atoms with van der Waals surface area (Å²) in [5.74, 6) is 0. The van der Waals surface area contributed by atoms with E-state index < -0.39 is 11.1 Å². The van der Waals surface area contributed by atoms with Crippen molar-refractivity contribution in [2.45, 2.75) is 37.8 Å². The molecule has 14 heavy (non-hydrogen) atoms. The summed E-state index contributed by atoms with van der Waals surface area (Å²) in [7, 11) is 0. The van der Waals surface area contributed by atoms with Gasteiger partial charge in [-0.15, -0.1) is 0 Å². The van der Waals surface area contributed by atoms with Crippen molar-refractivity contribution < 1.29 is 5.11 Å². The summed E-state index contributed by atoms with van der Waals surface area (Å²) in [5.41, 5.74) is 7.46. The summed E-state index contributed by atoms with van der Waals surface area (Å²) in [6, 6.07) is 8.23. The highest BCUT2D eigenvalue weighted by molar-refractivity contribution is 5.37. The zero-order valence-corrected chi connectivity index (χ0v) is 8.75. The lowest BCUT2D eigenvalue weighted by Gasteiger charge is -2.36. The summed E-state index contributed by atoms with van der Waals surface area (Å²) in [4.78, 5) is 0. The normalized spacial score (nSPS) is 19.4. The molecule has 0 amide bonds. The first-order valence-electron chi connectivity index (χ1n) is 5.00. The number of rotatable bonds is 1. The Kier molecular flexibility index (Phi) is 1.95. The molecule has 0 heterocycles. The van der Waals surface area contributed by atoms with Gasteiger partial charge in [-0.3, -0.25) is 0 Å². The van der Waals surface area contributed by atoms with E-state index in [0.29, 0.717) is 0 Å². The van der Waals surface area contributed by atoms with Crippen molar-refractivity contribution in [3.63, 3.8) is 0 Å². The molecule has 76 valence electrons. The van der Waals surface area contributed by atoms with Crippen LogP contribution in [0.4, 0.5) is 0 Å². The minimum atomic E-state index is -0.827. The molecule has 0 saturated heterocycles. The fraction of sp³-hybridized carbons (Fsp3) is 0.500. The van der Waals surface area contributed by atoms with Crippen LogP contribution in [0.3, 0.4) is 0 Å². The van der Waals surface area contributed by atoms with E-state index in [-0.39, 0.29) is 0 Å². The van der Waals surface area contributed by atoms with E-state index >= 15 is 0 Å². The Morgan fingerprint density at radius 3 is 2.00 bits per heavy atom. The van der Waals surface area contributed by atoms with Crippen LogP contribution in [-0.2, 0) is 12.8 Å². The van der Waals surface area contributed by atoms with Crippen molar-refractivity contribution in [1.29, 1.82) is 0 Å². The Labute approximate surface area is 84.7 Å². The predicted molar refractivity (Wildman–Crippen MR) is 57.1 cm³/mol. The molecule has 1 aliphatic carbocycles. The summed E-state index contributed by atoms with van der Waals surface area (Å²) < 4.78 is 0. The Balaban J connectivity index is 2.35. The zero-order valence-electron chi connectivity index (χ0n) is 8.75. The van der Waals surface area contributed by atoms with Gasteiger partial charge in [0, 0.05) is 0 Å². The quantitative estimate of drug-likeness (QED) is 0.702. The standard InChI is InChI=1S/C12H17NO/c1-11(2,14)12(13)7-9-5-3-4-6-10(9)8-12/h3-6,14H,7-8,13H2,1-2H3. The summed E-state index contributed by atoms with van der Waals surface area (Å²) >= 11 is 0. The summed E-state index contributed by atoms with van der Waals surface area (Å²) in [6.07, 6.45) is 1.54. The van der Waals surface area contributed by atoms with Gasteiger partial charge in [0.15, 0.2) is 0 Å². The number of fused-ring (bicyclic) bond motifs is 1. The van der Waals surface area contributed by atoms with Gasteiger partial charge in [-0.05, 0) is 37.8 Å². The highest BCUT2D eigenvalue weighted by atomic mass is 16.3. The molecule has 1 aromatic carbocycles. The maximum atomic E-state index is 10.0. The van der Waals surface area contributed by atoms with Crippen LogP contribution in [0.1, 0.15) is 25.0 Å². The minimum Gasteiger partial charge on any atom is -0.389 e. The third-order valence-corrected chi connectivity index (χ3v) is 3.35. The molecular weight excluding hydrogens is 174 g/mol. The minimum absolute atomic E-state index is 0.503. The monoisotopic (exact) mass is 191 g/mol. The lowest BCUT2D eigenvalue weighted by Crippen LogP contribution is -2.58. The molecule has 0 aromatic heterocycles. The van der Waals surface area contributed by atoms with E-state index in [1.54, 1.807) is 13.8 Å². The van der Waals surface area contributed by atoms with Crippen LogP contribution in [0.15, 0.2) is 24.3 Å². The van der Waals surface area contributed by atoms with Crippen molar-refractivity contribution in [3.05, 3.63) is 35.4 Å². The third kappa shape index (κ3) is 1.35. The first-order chi connectivity index (χ1) is 6.42. The Morgan fingerprint density at radius 2 is 1.64 bits per heavy atom. The van der Waals surface area contributed by atoms with E-state index in [1.807, 2.05) is 12.1 Å². The second kappa shape index (κ2) is 2.81. The second-order valence-corrected chi connectivity index (χ2v) is 4.84. The summed E-state index contributed by atoms with van der Waals surface area (Å²) in [6.45, 7) is 3.58. The van der Waals surface area contributed by atoms with Gasteiger partial charge < -0.3 is 10.8 Å². The topological polar surface area (TPSA) is 46.2 Å². The first-order valence-corrected chi connectivity index (χ1v) is 5.00. The molecule has 0 radical (unpaired) electrons. The molecule has 2 rings (SSSR count). The Morgan fingerprint density at radius 1 is 1.21 bits per heavy atom. The molecule has 0 fully saturated rings. The van der Waals surface area contributed by atoms with E-state index in [1.165, 1.54) is 11.1 Å². The molecule has 2 heteroatoms. The maximum absolute atomic E-state index is 10.0. The highest BCUT2D eigenvalue weighted by Gasteiger charge is 2.44. The lowest BCUT2D eigenvalue weighted by atomic mass is 9.81. The number of hydrogen-bond donors (Lipinski definition) is 2. The van der Waals surface area contributed by atoms with Gasteiger partial charge in [-0.1, -0.05) is 24.3 Å². The van der Waals surface area contributed by atoms with Gasteiger partial charge in [-0.2, -0.15) is 0 Å². The SMILES string of the molecule is CC(C)(O)C1(N)Cc2ccccc2C1. The van der Waals surface area contributed by atoms with E-state index in [0.717, 1.165) is 12.8 Å². The molecule has 2 nitrogen and oxygen atoms in total. The van der Waals surface area contributed by atoms with Crippen molar-refractivity contribution in [2.75, 3.05) is 0 Å². The van der Waals surface area contributed by atoms with E-state index in [9.17, 15) is 5.11 Å².